The number of fused-ring (bicyclic) bond motifs is 3. The van der Waals surface area contributed by atoms with Gasteiger partial charge in [-0.15, -0.1) is 0 Å². The maximum absolute atomic E-state index is 12.7. The highest BCUT2D eigenvalue weighted by atomic mass is 16.5. The second-order valence-electron chi connectivity index (χ2n) is 6.17. The third kappa shape index (κ3) is 2.22. The number of aliphatic hydroxyl groups excluding tert-OH is 1. The molecule has 0 unspecified atom stereocenters. The first-order valence-corrected chi connectivity index (χ1v) is 7.90. The van der Waals surface area contributed by atoms with E-state index in [1.54, 1.807) is 12.1 Å². The summed E-state index contributed by atoms with van der Waals surface area (Å²) in [6, 6.07) is 2.84. The third-order valence-corrected chi connectivity index (χ3v) is 4.67. The molecule has 2 atom stereocenters. The second kappa shape index (κ2) is 5.48. The fraction of sp³-hybridized carbons (Fsp3) is 0.438. The Kier molecular flexibility index (Phi) is 3.42. The van der Waals surface area contributed by atoms with Crippen LogP contribution >= 0.6 is 0 Å². The molecular formula is C16H17N3O5. The lowest BCUT2D eigenvalue weighted by atomic mass is 10.0. The van der Waals surface area contributed by atoms with E-state index >= 15 is 0 Å². The molecule has 1 aromatic carbocycles. The Hall–Kier alpha value is -2.61. The molecule has 8 heteroatoms. The zero-order chi connectivity index (χ0) is 16.8. The molecule has 0 saturated carbocycles. The molecule has 3 N–H and O–H groups in total. The Morgan fingerprint density at radius 2 is 2.12 bits per heavy atom. The van der Waals surface area contributed by atoms with Crippen molar-refractivity contribution in [3.63, 3.8) is 0 Å². The quantitative estimate of drug-likeness (QED) is 0.637. The molecule has 0 aliphatic carbocycles. The minimum absolute atomic E-state index is 0.124. The van der Waals surface area contributed by atoms with Gasteiger partial charge in [-0.05, 0) is 18.6 Å². The van der Waals surface area contributed by atoms with Gasteiger partial charge >= 0.3 is 0 Å². The molecule has 0 radical (unpaired) electrons. The van der Waals surface area contributed by atoms with Gasteiger partial charge < -0.3 is 20.1 Å². The van der Waals surface area contributed by atoms with Crippen molar-refractivity contribution in [3.8, 4) is 5.75 Å². The molecule has 8 nitrogen and oxygen atoms in total. The molecular weight excluding hydrogens is 314 g/mol. The number of hydrogen-bond acceptors (Lipinski definition) is 6. The van der Waals surface area contributed by atoms with Gasteiger partial charge in [-0.2, -0.15) is 0 Å². The molecule has 24 heavy (non-hydrogen) atoms. The lowest BCUT2D eigenvalue weighted by Crippen LogP contribution is -2.52. The molecule has 3 aliphatic heterocycles. The normalized spacial score (nSPS) is 25.5. The Labute approximate surface area is 137 Å². The molecule has 4 rings (SSSR count). The molecule has 0 bridgehead atoms. The van der Waals surface area contributed by atoms with Crippen LogP contribution in [0.3, 0.4) is 0 Å². The molecule has 3 amide bonds. The van der Waals surface area contributed by atoms with Crippen LogP contribution in [0.25, 0.3) is 0 Å². The summed E-state index contributed by atoms with van der Waals surface area (Å²) in [5.41, 5.74) is 1.99. The van der Waals surface area contributed by atoms with Gasteiger partial charge in [0, 0.05) is 17.5 Å². The summed E-state index contributed by atoms with van der Waals surface area (Å²) in [7, 11) is 0. The van der Waals surface area contributed by atoms with Crippen LogP contribution in [-0.2, 0) is 16.1 Å². The van der Waals surface area contributed by atoms with E-state index in [2.05, 4.69) is 10.6 Å². The standard InChI is InChI=1S/C16H17N3O5/c20-7-8-5-17-11-2-1-9-10(14(11)24-8)6-19(16(9)23)12-3-4-13(21)18-15(12)22/h1-2,8,12,17,20H,3-7H2,(H,18,21,22)/t8-,12+/m1/s1. The number of anilines is 1. The fourth-order valence-electron chi connectivity index (χ4n) is 3.42. The first kappa shape index (κ1) is 14.9. The number of rotatable bonds is 2. The van der Waals surface area contributed by atoms with Crippen LogP contribution in [-0.4, -0.2) is 53.0 Å². The van der Waals surface area contributed by atoms with Gasteiger partial charge in [0.1, 0.15) is 17.9 Å². The van der Waals surface area contributed by atoms with Gasteiger partial charge in [0.2, 0.25) is 11.8 Å². The number of ether oxygens (including phenoxy) is 1. The van der Waals surface area contributed by atoms with E-state index < -0.39 is 11.9 Å². The van der Waals surface area contributed by atoms with Crippen molar-refractivity contribution in [1.29, 1.82) is 0 Å². The summed E-state index contributed by atoms with van der Waals surface area (Å²) >= 11 is 0. The van der Waals surface area contributed by atoms with Crippen LogP contribution in [0.1, 0.15) is 28.8 Å². The van der Waals surface area contributed by atoms with E-state index in [1.807, 2.05) is 0 Å². The number of imide groups is 1. The van der Waals surface area contributed by atoms with E-state index in [1.165, 1.54) is 4.90 Å². The van der Waals surface area contributed by atoms with Gasteiger partial charge in [0.15, 0.2) is 0 Å². The molecule has 1 aromatic rings. The summed E-state index contributed by atoms with van der Waals surface area (Å²) in [5, 5.41) is 14.8. The maximum Gasteiger partial charge on any atom is 0.255 e. The summed E-state index contributed by atoms with van der Waals surface area (Å²) in [6.45, 7) is 0.622. The van der Waals surface area contributed by atoms with Gasteiger partial charge in [0.05, 0.1) is 25.4 Å². The Bertz CT molecular complexity index is 747. The van der Waals surface area contributed by atoms with Crippen molar-refractivity contribution in [2.75, 3.05) is 18.5 Å². The van der Waals surface area contributed by atoms with Gasteiger partial charge in [-0.1, -0.05) is 0 Å². The van der Waals surface area contributed by atoms with Gasteiger partial charge in [-0.25, -0.2) is 0 Å². The molecule has 3 heterocycles. The lowest BCUT2D eigenvalue weighted by Gasteiger charge is -2.30. The fourth-order valence-corrected chi connectivity index (χ4v) is 3.42. The maximum atomic E-state index is 12.7. The van der Waals surface area contributed by atoms with Crippen molar-refractivity contribution in [3.05, 3.63) is 23.3 Å². The zero-order valence-electron chi connectivity index (χ0n) is 12.9. The Morgan fingerprint density at radius 3 is 2.88 bits per heavy atom. The van der Waals surface area contributed by atoms with Crippen LogP contribution in [0.4, 0.5) is 5.69 Å². The number of benzene rings is 1. The summed E-state index contributed by atoms with van der Waals surface area (Å²) < 4.78 is 5.81. The van der Waals surface area contributed by atoms with E-state index in [-0.39, 0.29) is 37.5 Å². The van der Waals surface area contributed by atoms with E-state index in [0.29, 0.717) is 29.8 Å². The van der Waals surface area contributed by atoms with Crippen molar-refractivity contribution >= 4 is 23.4 Å². The molecule has 1 saturated heterocycles. The largest absolute Gasteiger partial charge is 0.484 e. The minimum atomic E-state index is -0.650. The van der Waals surface area contributed by atoms with Crippen molar-refractivity contribution in [1.82, 2.24) is 10.2 Å². The lowest BCUT2D eigenvalue weighted by molar-refractivity contribution is -0.136. The summed E-state index contributed by atoms with van der Waals surface area (Å²) in [6.07, 6.45) is 0.174. The number of carbonyl (C=O) groups excluding carboxylic acids is 3. The summed E-state index contributed by atoms with van der Waals surface area (Å²) in [4.78, 5) is 37.6. The smallest absolute Gasteiger partial charge is 0.255 e. The second-order valence-corrected chi connectivity index (χ2v) is 6.17. The van der Waals surface area contributed by atoms with Crippen LogP contribution in [0.2, 0.25) is 0 Å². The first-order chi connectivity index (χ1) is 11.6. The zero-order valence-corrected chi connectivity index (χ0v) is 12.9. The SMILES string of the molecule is O=C1CC[C@H](N2Cc3c(ccc4c3O[C@@H](CO)CN4)C2=O)C(=O)N1. The number of aliphatic hydroxyl groups is 1. The monoisotopic (exact) mass is 331 g/mol. The highest BCUT2D eigenvalue weighted by molar-refractivity contribution is 6.06. The first-order valence-electron chi connectivity index (χ1n) is 7.90. The molecule has 0 spiro atoms. The van der Waals surface area contributed by atoms with E-state index in [9.17, 15) is 19.5 Å². The number of nitrogens with one attached hydrogen (secondary N) is 2. The Balaban J connectivity index is 1.65. The van der Waals surface area contributed by atoms with Crippen molar-refractivity contribution in [2.45, 2.75) is 31.5 Å². The number of nitrogens with zero attached hydrogens (tertiary/aromatic N) is 1. The number of amides is 3. The highest BCUT2D eigenvalue weighted by Crippen LogP contribution is 2.40. The van der Waals surface area contributed by atoms with Crippen LogP contribution in [0, 0.1) is 0 Å². The molecule has 126 valence electrons. The van der Waals surface area contributed by atoms with Crippen LogP contribution in [0.15, 0.2) is 12.1 Å². The van der Waals surface area contributed by atoms with Gasteiger partial charge in [-0.3, -0.25) is 19.7 Å². The van der Waals surface area contributed by atoms with Crippen LogP contribution < -0.4 is 15.4 Å². The van der Waals surface area contributed by atoms with E-state index in [4.69, 9.17) is 4.74 Å². The van der Waals surface area contributed by atoms with Gasteiger partial charge in [0.25, 0.3) is 5.91 Å². The molecule has 3 aliphatic rings. The predicted molar refractivity (Wildman–Crippen MR) is 82.5 cm³/mol. The van der Waals surface area contributed by atoms with Crippen molar-refractivity contribution in [2.24, 2.45) is 0 Å². The average Bonchev–Trinajstić information content (AvgIpc) is 2.91. The number of carbonyl (C=O) groups is 3. The topological polar surface area (TPSA) is 108 Å². The third-order valence-electron chi connectivity index (χ3n) is 4.67. The van der Waals surface area contributed by atoms with Crippen molar-refractivity contribution < 1.29 is 24.2 Å². The number of hydrogen-bond donors (Lipinski definition) is 3. The number of piperidine rings is 1. The highest BCUT2D eigenvalue weighted by Gasteiger charge is 2.41. The predicted octanol–water partition coefficient (Wildman–Crippen LogP) is -0.387. The summed E-state index contributed by atoms with van der Waals surface area (Å²) in [5.74, 6) is -0.428. The minimum Gasteiger partial charge on any atom is -0.484 e. The molecule has 0 aromatic heterocycles. The molecule has 1 fully saturated rings. The average molecular weight is 331 g/mol. The van der Waals surface area contributed by atoms with E-state index in [0.717, 1.165) is 5.69 Å². The Morgan fingerprint density at radius 1 is 1.29 bits per heavy atom. The van der Waals surface area contributed by atoms with Crippen LogP contribution in [0.5, 0.6) is 5.75 Å².